The maximum Gasteiger partial charge on any atom is 0.156 e. The lowest BCUT2D eigenvalue weighted by atomic mass is 10.1. The van der Waals surface area contributed by atoms with Crippen molar-refractivity contribution in [3.63, 3.8) is 0 Å². The molecular formula is C27H29N7. The maximum atomic E-state index is 4.99. The SMILES string of the molecule is CC(C)(C)n1cnc2ccc(-c3c[nH]c4ncc(-c5ccc(N6CCCCC6)nc5)nc34)cc21. The first kappa shape index (κ1) is 20.8. The summed E-state index contributed by atoms with van der Waals surface area (Å²) in [6.45, 7) is 8.74. The van der Waals surface area contributed by atoms with Gasteiger partial charge in [-0.3, -0.25) is 0 Å². The van der Waals surface area contributed by atoms with E-state index in [1.807, 2.05) is 24.9 Å². The minimum atomic E-state index is -0.0477. The highest BCUT2D eigenvalue weighted by molar-refractivity contribution is 5.94. The van der Waals surface area contributed by atoms with Gasteiger partial charge in [0.25, 0.3) is 0 Å². The van der Waals surface area contributed by atoms with E-state index in [-0.39, 0.29) is 5.54 Å². The van der Waals surface area contributed by atoms with Crippen molar-refractivity contribution in [3.05, 3.63) is 55.2 Å². The number of piperidine rings is 1. The number of aromatic nitrogens is 6. The van der Waals surface area contributed by atoms with Crippen LogP contribution in [0.3, 0.4) is 0 Å². The lowest BCUT2D eigenvalue weighted by Gasteiger charge is -2.27. The van der Waals surface area contributed by atoms with E-state index in [1.165, 1.54) is 19.3 Å². The number of H-pyrrole nitrogens is 1. The summed E-state index contributed by atoms with van der Waals surface area (Å²) >= 11 is 0. The van der Waals surface area contributed by atoms with Crippen LogP contribution >= 0.6 is 0 Å². The van der Waals surface area contributed by atoms with E-state index in [1.54, 1.807) is 0 Å². The predicted octanol–water partition coefficient (Wildman–Crippen LogP) is 5.78. The topological polar surface area (TPSA) is 75.5 Å². The molecule has 1 aliphatic rings. The van der Waals surface area contributed by atoms with Crippen LogP contribution in [0.25, 0.3) is 44.6 Å². The van der Waals surface area contributed by atoms with Gasteiger partial charge in [0, 0.05) is 42.1 Å². The highest BCUT2D eigenvalue weighted by Crippen LogP contribution is 2.32. The molecular weight excluding hydrogens is 422 g/mol. The summed E-state index contributed by atoms with van der Waals surface area (Å²) in [7, 11) is 0. The Bertz CT molecular complexity index is 1460. The van der Waals surface area contributed by atoms with Crippen molar-refractivity contribution in [1.29, 1.82) is 0 Å². The van der Waals surface area contributed by atoms with E-state index in [2.05, 4.69) is 75.5 Å². The first-order chi connectivity index (χ1) is 16.5. The smallest absolute Gasteiger partial charge is 0.156 e. The van der Waals surface area contributed by atoms with E-state index in [0.717, 1.165) is 63.5 Å². The number of nitrogens with one attached hydrogen (secondary N) is 1. The number of nitrogens with zero attached hydrogens (tertiary/aromatic N) is 6. The molecule has 1 aromatic carbocycles. The molecule has 0 unspecified atom stereocenters. The number of rotatable bonds is 3. The average Bonchev–Trinajstić information content (AvgIpc) is 3.48. The Labute approximate surface area is 198 Å². The molecule has 6 rings (SSSR count). The standard InChI is InChI=1S/C27H29N7/c1-27(2,3)34-17-31-21-9-7-18(13-23(21)34)20-15-29-26-25(20)32-22(16-30-26)19-8-10-24(28-14-19)33-11-5-4-6-12-33/h7-10,13-17H,4-6,11-12H2,1-3H3,(H,29,30). The summed E-state index contributed by atoms with van der Waals surface area (Å²) in [5.74, 6) is 1.04. The zero-order chi connectivity index (χ0) is 23.3. The fourth-order valence-electron chi connectivity index (χ4n) is 4.81. The Hall–Kier alpha value is -3.74. The predicted molar refractivity (Wildman–Crippen MR) is 137 cm³/mol. The molecule has 5 aromatic rings. The summed E-state index contributed by atoms with van der Waals surface area (Å²) in [6.07, 6.45) is 11.4. The number of anilines is 1. The fraction of sp³-hybridized carbons (Fsp3) is 0.333. The lowest BCUT2D eigenvalue weighted by molar-refractivity contribution is 0.408. The van der Waals surface area contributed by atoms with Gasteiger partial charge in [0.1, 0.15) is 11.3 Å². The van der Waals surface area contributed by atoms with Gasteiger partial charge >= 0.3 is 0 Å². The van der Waals surface area contributed by atoms with Crippen molar-refractivity contribution in [2.45, 2.75) is 45.6 Å². The summed E-state index contributed by atoms with van der Waals surface area (Å²) in [6, 6.07) is 10.6. The molecule has 0 amide bonds. The summed E-state index contributed by atoms with van der Waals surface area (Å²) < 4.78 is 2.22. The molecule has 7 nitrogen and oxygen atoms in total. The van der Waals surface area contributed by atoms with E-state index in [0.29, 0.717) is 0 Å². The molecule has 34 heavy (non-hydrogen) atoms. The van der Waals surface area contributed by atoms with Gasteiger partial charge in [0.15, 0.2) is 5.65 Å². The molecule has 4 aromatic heterocycles. The van der Waals surface area contributed by atoms with Crippen LogP contribution in [0, 0.1) is 0 Å². The average molecular weight is 452 g/mol. The highest BCUT2D eigenvalue weighted by Gasteiger charge is 2.18. The van der Waals surface area contributed by atoms with Crippen LogP contribution in [-0.2, 0) is 5.54 Å². The molecule has 0 aliphatic carbocycles. The second kappa shape index (κ2) is 7.94. The van der Waals surface area contributed by atoms with Gasteiger partial charge < -0.3 is 14.5 Å². The summed E-state index contributed by atoms with van der Waals surface area (Å²) in [4.78, 5) is 24.6. The Morgan fingerprint density at radius 3 is 2.47 bits per heavy atom. The van der Waals surface area contributed by atoms with Gasteiger partial charge in [0.05, 0.1) is 29.3 Å². The summed E-state index contributed by atoms with van der Waals surface area (Å²) in [5.41, 5.74) is 7.62. The van der Waals surface area contributed by atoms with Crippen molar-refractivity contribution >= 4 is 28.0 Å². The molecule has 172 valence electrons. The largest absolute Gasteiger partial charge is 0.357 e. The summed E-state index contributed by atoms with van der Waals surface area (Å²) in [5, 5.41) is 0. The van der Waals surface area contributed by atoms with Crippen LogP contribution in [0.4, 0.5) is 5.82 Å². The van der Waals surface area contributed by atoms with Crippen LogP contribution in [-0.4, -0.2) is 42.6 Å². The van der Waals surface area contributed by atoms with Crippen molar-refractivity contribution in [2.24, 2.45) is 0 Å². The molecule has 5 heterocycles. The molecule has 1 saturated heterocycles. The fourth-order valence-corrected chi connectivity index (χ4v) is 4.81. The molecule has 1 N–H and O–H groups in total. The second-order valence-corrected chi connectivity index (χ2v) is 10.1. The van der Waals surface area contributed by atoms with Crippen molar-refractivity contribution < 1.29 is 0 Å². The molecule has 7 heteroatoms. The van der Waals surface area contributed by atoms with Crippen LogP contribution in [0.2, 0.25) is 0 Å². The second-order valence-electron chi connectivity index (χ2n) is 10.1. The van der Waals surface area contributed by atoms with Crippen molar-refractivity contribution in [2.75, 3.05) is 18.0 Å². The third-order valence-corrected chi connectivity index (χ3v) is 6.69. The lowest BCUT2D eigenvalue weighted by Crippen LogP contribution is -2.29. The van der Waals surface area contributed by atoms with Gasteiger partial charge in [-0.05, 0) is 69.9 Å². The number of hydrogen-bond donors (Lipinski definition) is 1. The zero-order valence-corrected chi connectivity index (χ0v) is 19.9. The maximum absolute atomic E-state index is 4.99. The van der Waals surface area contributed by atoms with Gasteiger partial charge in [-0.1, -0.05) is 6.07 Å². The van der Waals surface area contributed by atoms with E-state index in [9.17, 15) is 0 Å². The third kappa shape index (κ3) is 3.61. The molecule has 0 saturated carbocycles. The quantitative estimate of drug-likeness (QED) is 0.376. The molecule has 1 fully saturated rings. The normalized spacial score (nSPS) is 14.9. The third-order valence-electron chi connectivity index (χ3n) is 6.69. The van der Waals surface area contributed by atoms with E-state index in [4.69, 9.17) is 9.97 Å². The molecule has 0 atom stereocenters. The van der Waals surface area contributed by atoms with Gasteiger partial charge in [0.2, 0.25) is 0 Å². The number of imidazole rings is 1. The monoisotopic (exact) mass is 451 g/mol. The Balaban J connectivity index is 1.38. The number of hydrogen-bond acceptors (Lipinski definition) is 5. The Morgan fingerprint density at radius 2 is 1.71 bits per heavy atom. The minimum absolute atomic E-state index is 0.0477. The zero-order valence-electron chi connectivity index (χ0n) is 19.9. The van der Waals surface area contributed by atoms with Crippen molar-refractivity contribution in [1.82, 2.24) is 29.5 Å². The molecule has 1 aliphatic heterocycles. The van der Waals surface area contributed by atoms with Crippen LogP contribution < -0.4 is 4.90 Å². The van der Waals surface area contributed by atoms with Crippen LogP contribution in [0.15, 0.2) is 55.2 Å². The Kier molecular flexibility index (Phi) is 4.86. The van der Waals surface area contributed by atoms with Crippen LogP contribution in [0.1, 0.15) is 40.0 Å². The van der Waals surface area contributed by atoms with Gasteiger partial charge in [-0.25, -0.2) is 19.9 Å². The molecule has 0 radical (unpaired) electrons. The van der Waals surface area contributed by atoms with E-state index >= 15 is 0 Å². The number of pyridine rings is 1. The number of benzene rings is 1. The van der Waals surface area contributed by atoms with Crippen LogP contribution in [0.5, 0.6) is 0 Å². The van der Waals surface area contributed by atoms with E-state index < -0.39 is 0 Å². The Morgan fingerprint density at radius 1 is 0.882 bits per heavy atom. The minimum Gasteiger partial charge on any atom is -0.357 e. The first-order valence-corrected chi connectivity index (χ1v) is 12.0. The number of aromatic amines is 1. The number of fused-ring (bicyclic) bond motifs is 2. The molecule has 0 spiro atoms. The van der Waals surface area contributed by atoms with Gasteiger partial charge in [-0.2, -0.15) is 0 Å². The molecule has 0 bridgehead atoms. The van der Waals surface area contributed by atoms with Crippen molar-refractivity contribution in [3.8, 4) is 22.4 Å². The van der Waals surface area contributed by atoms with Gasteiger partial charge in [-0.15, -0.1) is 0 Å². The highest BCUT2D eigenvalue weighted by atomic mass is 15.2. The first-order valence-electron chi connectivity index (χ1n) is 12.0.